The third kappa shape index (κ3) is 53.7. The van der Waals surface area contributed by atoms with Gasteiger partial charge in [-0.2, -0.15) is 0 Å². The van der Waals surface area contributed by atoms with Crippen LogP contribution in [0.2, 0.25) is 0 Å². The largest absolute Gasteiger partial charge is 0.466 e. The van der Waals surface area contributed by atoms with Crippen LogP contribution in [-0.2, 0) is 14.3 Å². The van der Waals surface area contributed by atoms with Crippen LogP contribution < -0.4 is 5.32 Å². The predicted octanol–water partition coefficient (Wildman–Crippen LogP) is 19.0. The van der Waals surface area contributed by atoms with Crippen LogP contribution in [0.15, 0.2) is 24.3 Å². The molecule has 0 saturated heterocycles. The molecule has 0 bridgehead atoms. The fourth-order valence-corrected chi connectivity index (χ4v) is 9.50. The van der Waals surface area contributed by atoms with Crippen LogP contribution in [-0.4, -0.2) is 47.4 Å². The zero-order valence-electron chi connectivity index (χ0n) is 45.9. The van der Waals surface area contributed by atoms with Gasteiger partial charge in [0.2, 0.25) is 5.91 Å². The number of hydrogen-bond acceptors (Lipinski definition) is 5. The summed E-state index contributed by atoms with van der Waals surface area (Å²) in [7, 11) is 0. The van der Waals surface area contributed by atoms with Gasteiger partial charge in [-0.25, -0.2) is 0 Å². The lowest BCUT2D eigenvalue weighted by molar-refractivity contribution is -0.143. The summed E-state index contributed by atoms with van der Waals surface area (Å²) < 4.78 is 5.46. The van der Waals surface area contributed by atoms with Gasteiger partial charge in [-0.15, -0.1) is 0 Å². The molecule has 6 heteroatoms. The van der Waals surface area contributed by atoms with Gasteiger partial charge in [0, 0.05) is 12.8 Å². The first-order valence-electron chi connectivity index (χ1n) is 30.6. The van der Waals surface area contributed by atoms with Crippen molar-refractivity contribution in [2.24, 2.45) is 0 Å². The number of hydrogen-bond donors (Lipinski definition) is 3. The van der Waals surface area contributed by atoms with E-state index in [4.69, 9.17) is 4.74 Å². The molecule has 3 N–H and O–H groups in total. The lowest BCUT2D eigenvalue weighted by atomic mass is 10.0. The van der Waals surface area contributed by atoms with Gasteiger partial charge in [0.15, 0.2) is 0 Å². The Morgan fingerprint density at radius 1 is 0.397 bits per heavy atom. The second kappa shape index (κ2) is 57.9. The average molecular weight is 959 g/mol. The first-order chi connectivity index (χ1) is 33.5. The number of carbonyl (C=O) groups excluding carboxylic acids is 2. The van der Waals surface area contributed by atoms with Crippen molar-refractivity contribution < 1.29 is 24.5 Å². The number of carbonyl (C=O) groups is 2. The lowest BCUT2D eigenvalue weighted by Gasteiger charge is -2.22. The summed E-state index contributed by atoms with van der Waals surface area (Å²) in [6.07, 6.45) is 70.5. The van der Waals surface area contributed by atoms with Crippen molar-refractivity contribution in [2.75, 3.05) is 13.2 Å². The van der Waals surface area contributed by atoms with E-state index < -0.39 is 12.1 Å². The number of amides is 1. The Hall–Kier alpha value is -1.66. The van der Waals surface area contributed by atoms with Crippen LogP contribution >= 0.6 is 0 Å². The number of ether oxygens (including phenoxy) is 1. The summed E-state index contributed by atoms with van der Waals surface area (Å²) >= 11 is 0. The zero-order valence-corrected chi connectivity index (χ0v) is 45.9. The van der Waals surface area contributed by atoms with Gasteiger partial charge in [-0.1, -0.05) is 276 Å². The highest BCUT2D eigenvalue weighted by molar-refractivity contribution is 5.76. The van der Waals surface area contributed by atoms with E-state index in [1.807, 2.05) is 0 Å². The summed E-state index contributed by atoms with van der Waals surface area (Å²) in [6.45, 7) is 4.92. The highest BCUT2D eigenvalue weighted by atomic mass is 16.5. The Morgan fingerprint density at radius 3 is 1.09 bits per heavy atom. The van der Waals surface area contributed by atoms with E-state index in [1.54, 1.807) is 0 Å². The van der Waals surface area contributed by atoms with Gasteiger partial charge in [0.05, 0.1) is 25.4 Å². The molecule has 0 aromatic carbocycles. The Bertz CT molecular complexity index is 1060. The highest BCUT2D eigenvalue weighted by Crippen LogP contribution is 2.17. The molecule has 2 atom stereocenters. The number of unbranched alkanes of at least 4 members (excludes halogenated alkanes) is 42. The van der Waals surface area contributed by atoms with Crippen molar-refractivity contribution in [1.29, 1.82) is 0 Å². The molecule has 2 unspecified atom stereocenters. The van der Waals surface area contributed by atoms with E-state index in [0.29, 0.717) is 25.9 Å². The number of aliphatic hydroxyl groups excluding tert-OH is 2. The van der Waals surface area contributed by atoms with E-state index in [1.165, 1.54) is 257 Å². The van der Waals surface area contributed by atoms with Crippen LogP contribution in [0.25, 0.3) is 0 Å². The van der Waals surface area contributed by atoms with E-state index in [2.05, 4.69) is 43.5 Å². The molecule has 1 amide bonds. The third-order valence-electron chi connectivity index (χ3n) is 14.2. The SMILES string of the molecule is CCCC/C=C\CCCCCCCC(=O)OCCCCCCCCCCCCCC/C=C\CCCCCCCCCCCCCCC(=O)NC(CO)C(O)CCCCCCCCCCCCCC. The molecular formula is C62H119NO5. The highest BCUT2D eigenvalue weighted by Gasteiger charge is 2.20. The van der Waals surface area contributed by atoms with Gasteiger partial charge in [-0.3, -0.25) is 9.59 Å². The Morgan fingerprint density at radius 2 is 0.706 bits per heavy atom. The molecule has 402 valence electrons. The molecular weight excluding hydrogens is 839 g/mol. The van der Waals surface area contributed by atoms with Crippen molar-refractivity contribution in [3.05, 3.63) is 24.3 Å². The van der Waals surface area contributed by atoms with E-state index in [0.717, 1.165) is 44.9 Å². The molecule has 0 aliphatic carbocycles. The van der Waals surface area contributed by atoms with Gasteiger partial charge in [-0.05, 0) is 70.6 Å². The molecule has 0 spiro atoms. The van der Waals surface area contributed by atoms with Crippen LogP contribution in [0, 0.1) is 0 Å². The maximum atomic E-state index is 12.5. The zero-order chi connectivity index (χ0) is 49.3. The van der Waals surface area contributed by atoms with Gasteiger partial charge < -0.3 is 20.3 Å². The normalized spacial score (nSPS) is 12.7. The number of nitrogens with one attached hydrogen (secondary N) is 1. The van der Waals surface area contributed by atoms with Crippen molar-refractivity contribution in [3.63, 3.8) is 0 Å². The van der Waals surface area contributed by atoms with E-state index >= 15 is 0 Å². The number of rotatable bonds is 57. The Labute approximate surface area is 424 Å². The van der Waals surface area contributed by atoms with Crippen molar-refractivity contribution in [1.82, 2.24) is 5.32 Å². The van der Waals surface area contributed by atoms with Crippen LogP contribution in [0.1, 0.15) is 335 Å². The number of esters is 1. The molecule has 0 heterocycles. The molecule has 0 rings (SSSR count). The quantitative estimate of drug-likeness (QED) is 0.0321. The fraction of sp³-hybridized carbons (Fsp3) is 0.903. The molecule has 6 nitrogen and oxygen atoms in total. The number of aliphatic hydroxyl groups is 2. The minimum atomic E-state index is -0.662. The Kier molecular flexibility index (Phi) is 56.5. The van der Waals surface area contributed by atoms with Crippen LogP contribution in [0.3, 0.4) is 0 Å². The molecule has 0 saturated carbocycles. The summed E-state index contributed by atoms with van der Waals surface area (Å²) in [5.41, 5.74) is 0. The van der Waals surface area contributed by atoms with Gasteiger partial charge >= 0.3 is 5.97 Å². The average Bonchev–Trinajstić information content (AvgIpc) is 3.34. The summed E-state index contributed by atoms with van der Waals surface area (Å²) in [4.78, 5) is 24.4. The fourth-order valence-electron chi connectivity index (χ4n) is 9.50. The first-order valence-corrected chi connectivity index (χ1v) is 30.6. The molecule has 0 radical (unpaired) electrons. The van der Waals surface area contributed by atoms with Crippen LogP contribution in [0.4, 0.5) is 0 Å². The molecule has 68 heavy (non-hydrogen) atoms. The number of allylic oxidation sites excluding steroid dienone is 4. The Balaban J connectivity index is 3.37. The molecule has 0 aromatic rings. The molecule has 0 aromatic heterocycles. The first kappa shape index (κ1) is 66.3. The maximum absolute atomic E-state index is 12.5. The van der Waals surface area contributed by atoms with Gasteiger partial charge in [0.25, 0.3) is 0 Å². The second-order valence-corrected chi connectivity index (χ2v) is 21.0. The van der Waals surface area contributed by atoms with Crippen molar-refractivity contribution >= 4 is 11.9 Å². The lowest BCUT2D eigenvalue weighted by Crippen LogP contribution is -2.45. The van der Waals surface area contributed by atoms with Crippen molar-refractivity contribution in [2.45, 2.75) is 347 Å². The standard InChI is InChI=1S/C62H119NO5/c1-3-5-7-9-11-13-15-35-38-42-46-50-54-60(65)59(58-64)63-61(66)55-51-47-43-39-36-32-30-28-26-24-22-20-18-16-17-19-21-23-25-27-29-31-33-37-41-45-49-53-57-68-62(67)56-52-48-44-40-34-14-12-10-8-6-4-2/h10,12,16-17,59-60,64-65H,3-9,11,13-15,18-58H2,1-2H3,(H,63,66)/b12-10-,17-16-. The minimum Gasteiger partial charge on any atom is -0.466 e. The third-order valence-corrected chi connectivity index (χ3v) is 14.2. The second-order valence-electron chi connectivity index (χ2n) is 21.0. The van der Waals surface area contributed by atoms with E-state index in [-0.39, 0.29) is 18.5 Å². The summed E-state index contributed by atoms with van der Waals surface area (Å²) in [5, 5.41) is 23.2. The summed E-state index contributed by atoms with van der Waals surface area (Å²) in [5.74, 6) is -0.0296. The summed E-state index contributed by atoms with van der Waals surface area (Å²) in [6, 6.07) is -0.540. The predicted molar refractivity (Wildman–Crippen MR) is 296 cm³/mol. The maximum Gasteiger partial charge on any atom is 0.305 e. The van der Waals surface area contributed by atoms with Gasteiger partial charge in [0.1, 0.15) is 0 Å². The smallest absolute Gasteiger partial charge is 0.305 e. The van der Waals surface area contributed by atoms with Crippen molar-refractivity contribution in [3.8, 4) is 0 Å². The molecule has 0 aliphatic rings. The van der Waals surface area contributed by atoms with E-state index in [9.17, 15) is 19.8 Å². The monoisotopic (exact) mass is 958 g/mol. The molecule has 0 fully saturated rings. The van der Waals surface area contributed by atoms with Crippen LogP contribution in [0.5, 0.6) is 0 Å². The minimum absolute atomic E-state index is 0.00476. The topological polar surface area (TPSA) is 95.9 Å². The molecule has 0 aliphatic heterocycles.